The number of hydrogen-bond donors (Lipinski definition) is 1. The van der Waals surface area contributed by atoms with Crippen molar-refractivity contribution in [2.24, 2.45) is 0 Å². The molecule has 1 amide bonds. The number of carbonyl (C=O) groups excluding carboxylic acids is 1. The highest BCUT2D eigenvalue weighted by atomic mass is 16.5. The second kappa shape index (κ2) is 9.18. The van der Waals surface area contributed by atoms with E-state index < -0.39 is 6.61 Å². The molecule has 0 radical (unpaired) electrons. The first-order valence-corrected chi connectivity index (χ1v) is 11.2. The van der Waals surface area contributed by atoms with Crippen LogP contribution in [0.1, 0.15) is 29.7 Å². The smallest absolute Gasteiger partial charge is 0.248 e. The van der Waals surface area contributed by atoms with Crippen LogP contribution in [0.4, 0.5) is 0 Å². The molecule has 1 saturated heterocycles. The molecule has 7 heteroatoms. The Labute approximate surface area is 192 Å². The van der Waals surface area contributed by atoms with Gasteiger partial charge in [0.25, 0.3) is 0 Å². The number of fused-ring (bicyclic) bond motifs is 1. The van der Waals surface area contributed by atoms with Gasteiger partial charge in [-0.1, -0.05) is 12.1 Å². The molecule has 1 aliphatic carbocycles. The number of nitriles is 1. The van der Waals surface area contributed by atoms with Gasteiger partial charge in [-0.3, -0.25) is 9.78 Å². The Morgan fingerprint density at radius 1 is 1.27 bits per heavy atom. The van der Waals surface area contributed by atoms with Crippen LogP contribution in [-0.2, 0) is 16.0 Å². The second-order valence-electron chi connectivity index (χ2n) is 8.48. The van der Waals surface area contributed by atoms with Crippen LogP contribution >= 0.6 is 0 Å². The third-order valence-corrected chi connectivity index (χ3v) is 6.44. The van der Waals surface area contributed by atoms with Crippen LogP contribution in [0, 0.1) is 11.3 Å². The van der Waals surface area contributed by atoms with E-state index in [0.29, 0.717) is 44.0 Å². The van der Waals surface area contributed by atoms with Crippen LogP contribution in [0.3, 0.4) is 0 Å². The molecular formula is C26H25N3O4. The molecule has 0 saturated carbocycles. The number of aromatic nitrogens is 1. The van der Waals surface area contributed by atoms with Gasteiger partial charge in [0.15, 0.2) is 0 Å². The van der Waals surface area contributed by atoms with E-state index in [2.05, 4.69) is 17.1 Å². The van der Waals surface area contributed by atoms with E-state index >= 15 is 0 Å². The van der Waals surface area contributed by atoms with Crippen molar-refractivity contribution >= 4 is 12.0 Å². The molecule has 2 aromatic rings. The molecule has 3 heterocycles. The van der Waals surface area contributed by atoms with E-state index in [-0.39, 0.29) is 12.0 Å². The number of benzene rings is 1. The monoisotopic (exact) mass is 443 g/mol. The molecule has 0 unspecified atom stereocenters. The Kier molecular flexibility index (Phi) is 5.95. The molecule has 3 aliphatic rings. The first-order valence-electron chi connectivity index (χ1n) is 11.2. The third kappa shape index (κ3) is 4.28. The first-order chi connectivity index (χ1) is 16.2. The molecular weight excluding hydrogens is 418 g/mol. The van der Waals surface area contributed by atoms with Crippen LogP contribution in [0.15, 0.2) is 47.7 Å². The number of ether oxygens (including phenoxy) is 2. The third-order valence-electron chi connectivity index (χ3n) is 6.44. The maximum absolute atomic E-state index is 11.8. The quantitative estimate of drug-likeness (QED) is 0.764. The van der Waals surface area contributed by atoms with Gasteiger partial charge in [-0.05, 0) is 46.5 Å². The molecule has 1 aromatic carbocycles. The van der Waals surface area contributed by atoms with Crippen molar-refractivity contribution in [2.75, 3.05) is 32.9 Å². The van der Waals surface area contributed by atoms with Gasteiger partial charge in [0.2, 0.25) is 5.91 Å². The van der Waals surface area contributed by atoms with Crippen molar-refractivity contribution in [3.63, 3.8) is 0 Å². The summed E-state index contributed by atoms with van der Waals surface area (Å²) in [6.07, 6.45) is 8.41. The summed E-state index contributed by atoms with van der Waals surface area (Å²) < 4.78 is 11.5. The Balaban J connectivity index is 1.40. The lowest BCUT2D eigenvalue weighted by Gasteiger charge is -2.24. The number of carbonyl (C=O) groups is 1. The van der Waals surface area contributed by atoms with Crippen LogP contribution in [0.5, 0.6) is 5.75 Å². The highest BCUT2D eigenvalue weighted by molar-refractivity contribution is 5.83. The lowest BCUT2D eigenvalue weighted by atomic mass is 9.98. The van der Waals surface area contributed by atoms with Gasteiger partial charge >= 0.3 is 0 Å². The summed E-state index contributed by atoms with van der Waals surface area (Å²) in [4.78, 5) is 18.0. The van der Waals surface area contributed by atoms with E-state index in [4.69, 9.17) is 14.6 Å². The summed E-state index contributed by atoms with van der Waals surface area (Å²) in [5.74, 6) is 0.350. The fourth-order valence-corrected chi connectivity index (χ4v) is 4.62. The van der Waals surface area contributed by atoms with E-state index in [1.54, 1.807) is 11.1 Å². The summed E-state index contributed by atoms with van der Waals surface area (Å²) in [6.45, 7) is 1.92. The zero-order chi connectivity index (χ0) is 22.8. The average Bonchev–Trinajstić information content (AvgIpc) is 3.52. The van der Waals surface area contributed by atoms with Crippen LogP contribution in [-0.4, -0.2) is 59.9 Å². The predicted molar refractivity (Wildman–Crippen MR) is 122 cm³/mol. The van der Waals surface area contributed by atoms with E-state index in [0.717, 1.165) is 46.4 Å². The number of nitrogens with zero attached hydrogens (tertiary/aromatic N) is 3. The Hall–Kier alpha value is -3.47. The number of rotatable bonds is 5. The molecule has 0 bridgehead atoms. The minimum atomic E-state index is -0.471. The summed E-state index contributed by atoms with van der Waals surface area (Å²) >= 11 is 0. The minimum Gasteiger partial charge on any atom is -0.489 e. The normalized spacial score (nSPS) is 17.9. The molecule has 1 fully saturated rings. The first kappa shape index (κ1) is 21.4. The fourth-order valence-electron chi connectivity index (χ4n) is 4.62. The Morgan fingerprint density at radius 2 is 2.12 bits per heavy atom. The summed E-state index contributed by atoms with van der Waals surface area (Å²) in [6, 6.07) is 10.0. The molecule has 168 valence electrons. The molecule has 0 atom stereocenters. The van der Waals surface area contributed by atoms with Gasteiger partial charge in [-0.2, -0.15) is 5.26 Å². The fraction of sp³-hybridized carbons (Fsp3) is 0.346. The van der Waals surface area contributed by atoms with E-state index in [9.17, 15) is 10.1 Å². The number of hydrogen-bond acceptors (Lipinski definition) is 6. The molecule has 2 aliphatic heterocycles. The standard InChI is InChI=1S/C26H25N3O4/c27-14-20-11-17(1-2-25(20)33-21-5-9-32-10-6-21)22-3-7-28-24-13-19(12-23(22)24)18-4-8-29(15-18)26(31)16-30/h1-4,7,11-12,21,30H,5-6,8-10,13,15-16H2. The maximum Gasteiger partial charge on any atom is 0.248 e. The van der Waals surface area contributed by atoms with E-state index in [1.165, 1.54) is 0 Å². The van der Waals surface area contributed by atoms with Crippen molar-refractivity contribution in [3.8, 4) is 22.9 Å². The SMILES string of the molecule is N#Cc1cc(-c2ccnc3c2C=C(C2=CCN(C(=O)CO)C2)C3)ccc1OC1CCOCC1. The van der Waals surface area contributed by atoms with Crippen LogP contribution in [0.2, 0.25) is 0 Å². The summed E-state index contributed by atoms with van der Waals surface area (Å²) in [5.41, 5.74) is 6.74. The van der Waals surface area contributed by atoms with Gasteiger partial charge in [0.1, 0.15) is 24.5 Å². The van der Waals surface area contributed by atoms with Gasteiger partial charge < -0.3 is 19.5 Å². The summed E-state index contributed by atoms with van der Waals surface area (Å²) in [7, 11) is 0. The topological polar surface area (TPSA) is 95.7 Å². The van der Waals surface area contributed by atoms with Gasteiger partial charge in [0.05, 0.1) is 24.5 Å². The Morgan fingerprint density at radius 3 is 2.91 bits per heavy atom. The maximum atomic E-state index is 11.8. The highest BCUT2D eigenvalue weighted by Gasteiger charge is 2.26. The number of pyridine rings is 1. The molecule has 0 spiro atoms. The lowest BCUT2D eigenvalue weighted by Crippen LogP contribution is -2.31. The minimum absolute atomic E-state index is 0.0735. The molecule has 1 aromatic heterocycles. The van der Waals surface area contributed by atoms with Crippen molar-refractivity contribution < 1.29 is 19.4 Å². The molecule has 33 heavy (non-hydrogen) atoms. The number of aliphatic hydroxyl groups excluding tert-OH is 1. The lowest BCUT2D eigenvalue weighted by molar-refractivity contribution is -0.132. The Bertz CT molecular complexity index is 1190. The molecule has 5 rings (SSSR count). The highest BCUT2D eigenvalue weighted by Crippen LogP contribution is 2.37. The zero-order valence-electron chi connectivity index (χ0n) is 18.3. The van der Waals surface area contributed by atoms with Crippen molar-refractivity contribution in [2.45, 2.75) is 25.4 Å². The van der Waals surface area contributed by atoms with E-state index in [1.807, 2.05) is 30.3 Å². The van der Waals surface area contributed by atoms with Crippen LogP contribution in [0.25, 0.3) is 17.2 Å². The van der Waals surface area contributed by atoms with Gasteiger partial charge in [-0.15, -0.1) is 0 Å². The average molecular weight is 444 g/mol. The van der Waals surface area contributed by atoms with Crippen molar-refractivity contribution in [1.29, 1.82) is 5.26 Å². The van der Waals surface area contributed by atoms with Crippen LogP contribution < -0.4 is 4.74 Å². The second-order valence-corrected chi connectivity index (χ2v) is 8.48. The summed E-state index contributed by atoms with van der Waals surface area (Å²) in [5, 5.41) is 18.9. The predicted octanol–water partition coefficient (Wildman–Crippen LogP) is 2.88. The van der Waals surface area contributed by atoms with Gasteiger partial charge in [0, 0.05) is 44.1 Å². The van der Waals surface area contributed by atoms with Gasteiger partial charge in [-0.25, -0.2) is 0 Å². The zero-order valence-corrected chi connectivity index (χ0v) is 18.3. The van der Waals surface area contributed by atoms with Crippen molar-refractivity contribution in [3.05, 3.63) is 64.5 Å². The number of amides is 1. The molecule has 7 nitrogen and oxygen atoms in total. The largest absolute Gasteiger partial charge is 0.489 e. The number of aliphatic hydroxyl groups is 1. The van der Waals surface area contributed by atoms with Crippen molar-refractivity contribution in [1.82, 2.24) is 9.88 Å². The molecule has 1 N–H and O–H groups in total.